The lowest BCUT2D eigenvalue weighted by Gasteiger charge is -2.48. The van der Waals surface area contributed by atoms with Gasteiger partial charge in [-0.15, -0.1) is 0 Å². The summed E-state index contributed by atoms with van der Waals surface area (Å²) in [5, 5.41) is 42.2. The molecule has 3 aliphatic heterocycles. The Labute approximate surface area is 361 Å². The second-order valence-corrected chi connectivity index (χ2v) is 18.7. The summed E-state index contributed by atoms with van der Waals surface area (Å²) in [5.41, 5.74) is -1.09. The standard InChI is InChI=1S/C45H69ClN4O10/c1-26-22-44(6,55)40(60-42-37(51)35(49(8)9)20-27(2)57-42)28(3)38(59-36-23-45(7,56-10)39(52)30(5)58-36)29(4)41(53)47-34(21-31-14-12-11-13-15-31)25-50(24-26)43(54)48-33-18-16-32(46)17-19-33/h11-19,26-30,34-40,42,51-52,55H,20-25H2,1-10H3,(H,47,53)(H,48,54)/t26-,27-,28+,29-,30+,34?,35+,36+,37-,38+,39+,40-,42+,44-,45-/m1/s1. The molecule has 0 aromatic heterocycles. The van der Waals surface area contributed by atoms with Crippen LogP contribution in [0.3, 0.4) is 0 Å². The zero-order valence-corrected chi connectivity index (χ0v) is 37.7. The van der Waals surface area contributed by atoms with Gasteiger partial charge in [-0.3, -0.25) is 4.79 Å². The molecule has 3 fully saturated rings. The Hall–Kier alpha value is -2.89. The Bertz CT molecular complexity index is 1690. The lowest BCUT2D eigenvalue weighted by Crippen LogP contribution is -2.60. The predicted octanol–water partition coefficient (Wildman–Crippen LogP) is 5.06. The summed E-state index contributed by atoms with van der Waals surface area (Å²) in [7, 11) is 5.31. The monoisotopic (exact) mass is 860 g/mol. The Morgan fingerprint density at radius 3 is 2.28 bits per heavy atom. The van der Waals surface area contributed by atoms with Gasteiger partial charge in [-0.25, -0.2) is 4.79 Å². The number of hydrogen-bond donors (Lipinski definition) is 5. The maximum Gasteiger partial charge on any atom is 0.321 e. The van der Waals surface area contributed by atoms with Gasteiger partial charge in [-0.2, -0.15) is 0 Å². The number of carbonyl (C=O) groups excluding carboxylic acids is 2. The number of benzene rings is 2. The van der Waals surface area contributed by atoms with Gasteiger partial charge in [0.1, 0.15) is 12.2 Å². The van der Waals surface area contributed by atoms with E-state index in [1.807, 2.05) is 70.1 Å². The molecule has 15 heteroatoms. The number of hydrogen-bond acceptors (Lipinski definition) is 11. The van der Waals surface area contributed by atoms with Crippen molar-refractivity contribution in [1.29, 1.82) is 0 Å². The van der Waals surface area contributed by atoms with Crippen LogP contribution in [0.1, 0.15) is 73.3 Å². The quantitative estimate of drug-likeness (QED) is 0.228. The van der Waals surface area contributed by atoms with Gasteiger partial charge in [-0.1, -0.05) is 62.7 Å². The first-order valence-electron chi connectivity index (χ1n) is 21.3. The fourth-order valence-electron chi connectivity index (χ4n) is 9.32. The largest absolute Gasteiger partial charge is 0.387 e. The van der Waals surface area contributed by atoms with Crippen molar-refractivity contribution >= 4 is 29.2 Å². The minimum absolute atomic E-state index is 0.152. The highest BCUT2D eigenvalue weighted by molar-refractivity contribution is 6.30. The summed E-state index contributed by atoms with van der Waals surface area (Å²) in [6.07, 6.45) is -5.61. The summed E-state index contributed by atoms with van der Waals surface area (Å²) in [6.45, 7) is 13.1. The van der Waals surface area contributed by atoms with Crippen LogP contribution in [0.15, 0.2) is 54.6 Å². The number of anilines is 1. The van der Waals surface area contributed by atoms with Gasteiger partial charge in [0.05, 0.1) is 47.6 Å². The minimum atomic E-state index is -1.61. The number of amides is 3. The molecule has 15 atom stereocenters. The molecule has 2 aromatic rings. The molecule has 0 bridgehead atoms. The SMILES string of the molecule is CO[C@]1(C)C[C@H](O[C@H]2[C@H](C)[C@@H](O[C@@H]3O[C@H](C)C[C@H](N(C)C)[C@H]3O)[C@](C)(O)C[C@@H](C)CN(C(=O)Nc3ccc(Cl)cc3)CC(Cc3ccccc3)NC(=O)[C@@H]2C)O[C@@H](C)[C@@H]1O. The average molecular weight is 862 g/mol. The van der Waals surface area contributed by atoms with Gasteiger partial charge in [0.2, 0.25) is 5.91 Å². The number of rotatable bonds is 9. The van der Waals surface area contributed by atoms with Crippen LogP contribution < -0.4 is 10.6 Å². The van der Waals surface area contributed by atoms with E-state index in [0.717, 1.165) is 5.56 Å². The van der Waals surface area contributed by atoms with Gasteiger partial charge in [0, 0.05) is 49.3 Å². The van der Waals surface area contributed by atoms with E-state index >= 15 is 0 Å². The summed E-state index contributed by atoms with van der Waals surface area (Å²) in [5.74, 6) is -2.21. The van der Waals surface area contributed by atoms with Crippen molar-refractivity contribution in [1.82, 2.24) is 15.1 Å². The van der Waals surface area contributed by atoms with Gasteiger partial charge in [0.15, 0.2) is 12.6 Å². The van der Waals surface area contributed by atoms with Crippen molar-refractivity contribution in [3.05, 3.63) is 65.2 Å². The number of aliphatic hydroxyl groups is 3. The van der Waals surface area contributed by atoms with Crippen LogP contribution in [0.2, 0.25) is 5.02 Å². The Kier molecular flexibility index (Phi) is 16.5. The summed E-state index contributed by atoms with van der Waals surface area (Å²) < 4.78 is 31.9. The Morgan fingerprint density at radius 2 is 1.65 bits per heavy atom. The van der Waals surface area contributed by atoms with Crippen molar-refractivity contribution in [3.63, 3.8) is 0 Å². The number of halogens is 1. The zero-order valence-electron chi connectivity index (χ0n) is 36.9. The van der Waals surface area contributed by atoms with Crippen LogP contribution in [0.4, 0.5) is 10.5 Å². The minimum Gasteiger partial charge on any atom is -0.387 e. The molecule has 3 saturated heterocycles. The van der Waals surface area contributed by atoms with Crippen molar-refractivity contribution in [2.75, 3.05) is 39.6 Å². The molecule has 1 unspecified atom stereocenters. The smallest absolute Gasteiger partial charge is 0.321 e. The van der Waals surface area contributed by atoms with E-state index in [0.29, 0.717) is 23.6 Å². The molecule has 14 nitrogen and oxygen atoms in total. The molecule has 5 rings (SSSR count). The molecular weight excluding hydrogens is 792 g/mol. The van der Waals surface area contributed by atoms with Crippen LogP contribution in [-0.2, 0) is 34.9 Å². The normalized spacial score (nSPS) is 38.6. The van der Waals surface area contributed by atoms with Crippen molar-refractivity contribution in [3.8, 4) is 0 Å². The van der Waals surface area contributed by atoms with E-state index < -0.39 is 72.2 Å². The lowest BCUT2D eigenvalue weighted by molar-refractivity contribution is -0.317. The number of nitrogens with zero attached hydrogens (tertiary/aromatic N) is 2. The van der Waals surface area contributed by atoms with Crippen LogP contribution in [0, 0.1) is 17.8 Å². The molecule has 60 heavy (non-hydrogen) atoms. The third-order valence-corrected chi connectivity index (χ3v) is 12.9. The highest BCUT2D eigenvalue weighted by Crippen LogP contribution is 2.39. The molecule has 0 radical (unpaired) electrons. The number of likely N-dealkylation sites (N-methyl/N-ethyl adjacent to an activating group) is 1. The highest BCUT2D eigenvalue weighted by Gasteiger charge is 2.51. The van der Waals surface area contributed by atoms with Crippen molar-refractivity contribution in [2.24, 2.45) is 17.8 Å². The maximum absolute atomic E-state index is 14.7. The van der Waals surface area contributed by atoms with Gasteiger partial charge in [-0.05, 0) is 96.8 Å². The number of urea groups is 1. The van der Waals surface area contributed by atoms with E-state index in [1.54, 1.807) is 56.9 Å². The Balaban J connectivity index is 1.57. The number of carbonyl (C=O) groups is 2. The molecule has 2 aromatic carbocycles. The highest BCUT2D eigenvalue weighted by atomic mass is 35.5. The molecular formula is C45H69ClN4O10. The van der Waals surface area contributed by atoms with Gasteiger partial charge in [0.25, 0.3) is 0 Å². The first-order valence-corrected chi connectivity index (χ1v) is 21.7. The first kappa shape index (κ1) is 48.1. The first-order chi connectivity index (χ1) is 28.2. The molecule has 0 aliphatic carbocycles. The van der Waals surface area contributed by atoms with Crippen molar-refractivity contribution < 1.29 is 48.6 Å². The summed E-state index contributed by atoms with van der Waals surface area (Å²) in [6, 6.07) is 15.4. The molecule has 336 valence electrons. The molecule has 3 aliphatic rings. The predicted molar refractivity (Wildman–Crippen MR) is 229 cm³/mol. The van der Waals surface area contributed by atoms with E-state index in [4.69, 9.17) is 35.3 Å². The average Bonchev–Trinajstić information content (AvgIpc) is 3.19. The molecule has 0 saturated carbocycles. The third kappa shape index (κ3) is 12.0. The van der Waals surface area contributed by atoms with E-state index in [9.17, 15) is 24.9 Å². The fraction of sp³-hybridized carbons (Fsp3) is 0.689. The number of methoxy groups -OCH3 is 1. The summed E-state index contributed by atoms with van der Waals surface area (Å²) in [4.78, 5) is 32.5. The Morgan fingerprint density at radius 1 is 0.983 bits per heavy atom. The van der Waals surface area contributed by atoms with Gasteiger partial charge >= 0.3 is 6.03 Å². The number of nitrogens with one attached hydrogen (secondary N) is 2. The van der Waals surface area contributed by atoms with Crippen molar-refractivity contribution in [2.45, 2.75) is 147 Å². The van der Waals surface area contributed by atoms with E-state index in [-0.39, 0.29) is 55.9 Å². The molecule has 5 N–H and O–H groups in total. The summed E-state index contributed by atoms with van der Waals surface area (Å²) >= 11 is 6.14. The van der Waals surface area contributed by atoms with Crippen LogP contribution >= 0.6 is 11.6 Å². The number of ether oxygens (including phenoxy) is 5. The molecule has 3 heterocycles. The van der Waals surface area contributed by atoms with E-state index in [1.165, 1.54) is 7.11 Å². The third-order valence-electron chi connectivity index (χ3n) is 12.6. The van der Waals surface area contributed by atoms with Gasteiger partial charge < -0.3 is 59.4 Å². The van der Waals surface area contributed by atoms with Crippen LogP contribution in [-0.4, -0.2) is 144 Å². The van der Waals surface area contributed by atoms with Crippen LogP contribution in [0.25, 0.3) is 0 Å². The fourth-order valence-corrected chi connectivity index (χ4v) is 9.45. The number of aliphatic hydroxyl groups excluding tert-OH is 2. The lowest BCUT2D eigenvalue weighted by atomic mass is 9.77. The topological polar surface area (TPSA) is 172 Å². The van der Waals surface area contributed by atoms with Crippen LogP contribution in [0.5, 0.6) is 0 Å². The second kappa shape index (κ2) is 20.5. The molecule has 0 spiro atoms. The van der Waals surface area contributed by atoms with E-state index in [2.05, 4.69) is 10.6 Å². The zero-order chi connectivity index (χ0) is 44.1. The molecule has 3 amide bonds. The second-order valence-electron chi connectivity index (χ2n) is 18.2. The maximum atomic E-state index is 14.7.